The van der Waals surface area contributed by atoms with Crippen LogP contribution in [0.1, 0.15) is 37.0 Å². The number of hydrogen-bond acceptors (Lipinski definition) is 4. The van der Waals surface area contributed by atoms with Gasteiger partial charge in [0, 0.05) is 11.6 Å². The van der Waals surface area contributed by atoms with Crippen LogP contribution in [0.4, 0.5) is 0 Å². The van der Waals surface area contributed by atoms with Crippen LogP contribution in [-0.2, 0) is 16.2 Å². The number of rotatable bonds is 7. The van der Waals surface area contributed by atoms with E-state index in [9.17, 15) is 9.59 Å². The van der Waals surface area contributed by atoms with Crippen molar-refractivity contribution in [3.8, 4) is 5.75 Å². The Hall–Kier alpha value is -3.15. The van der Waals surface area contributed by atoms with Gasteiger partial charge >= 0.3 is 11.8 Å². The highest BCUT2D eigenvalue weighted by Crippen LogP contribution is 2.17. The summed E-state index contributed by atoms with van der Waals surface area (Å²) in [6.07, 6.45) is 2.20. The number of nitrogens with zero attached hydrogens (tertiary/aromatic N) is 1. The van der Waals surface area contributed by atoms with Crippen molar-refractivity contribution in [1.82, 2.24) is 10.7 Å². The third-order valence-electron chi connectivity index (χ3n) is 4.00. The van der Waals surface area contributed by atoms with Crippen LogP contribution in [0.2, 0.25) is 0 Å². The second kappa shape index (κ2) is 10.1. The summed E-state index contributed by atoms with van der Waals surface area (Å²) in [6.45, 7) is 6.22. The minimum absolute atomic E-state index is 0.0665. The van der Waals surface area contributed by atoms with Gasteiger partial charge in [-0.3, -0.25) is 9.59 Å². The zero-order valence-corrected chi connectivity index (χ0v) is 15.9. The van der Waals surface area contributed by atoms with E-state index >= 15 is 0 Å². The predicted molar refractivity (Wildman–Crippen MR) is 106 cm³/mol. The lowest BCUT2D eigenvalue weighted by atomic mass is 10.1. The lowest BCUT2D eigenvalue weighted by Crippen LogP contribution is -2.41. The highest BCUT2D eigenvalue weighted by atomic mass is 16.5. The quantitative estimate of drug-likeness (QED) is 0.449. The van der Waals surface area contributed by atoms with E-state index in [1.54, 1.807) is 0 Å². The van der Waals surface area contributed by atoms with Crippen molar-refractivity contribution in [3.63, 3.8) is 0 Å². The van der Waals surface area contributed by atoms with Gasteiger partial charge in [-0.15, -0.1) is 0 Å². The van der Waals surface area contributed by atoms with Crippen molar-refractivity contribution in [2.24, 2.45) is 5.10 Å². The molecule has 0 aliphatic heterocycles. The predicted octanol–water partition coefficient (Wildman–Crippen LogP) is 2.94. The third kappa shape index (κ3) is 6.58. The van der Waals surface area contributed by atoms with E-state index in [2.05, 4.69) is 15.8 Å². The number of carbonyl (C=O) groups is 2. The standard InChI is InChI=1S/C21H25N3O3/c1-4-16(3)23-20(25)21(26)24-22-13-18-7-5-6-8-19(18)27-14-17-11-9-15(2)10-12-17/h5-13,16H,4,14H2,1-3H3,(H,23,25)(H,24,26)/b22-13-/t16-/m0/s1. The molecule has 6 heteroatoms. The van der Waals surface area contributed by atoms with Crippen LogP contribution in [0.5, 0.6) is 5.75 Å². The molecule has 2 aromatic rings. The van der Waals surface area contributed by atoms with Gasteiger partial charge in [0.05, 0.1) is 6.21 Å². The van der Waals surface area contributed by atoms with E-state index in [0.717, 1.165) is 12.0 Å². The molecule has 0 unspecified atom stereocenters. The molecule has 0 aliphatic rings. The molecule has 0 heterocycles. The Morgan fingerprint density at radius 3 is 2.52 bits per heavy atom. The summed E-state index contributed by atoms with van der Waals surface area (Å²) in [5.74, 6) is -0.866. The number of hydrogen-bond donors (Lipinski definition) is 2. The number of carbonyl (C=O) groups excluding carboxylic acids is 2. The topological polar surface area (TPSA) is 79.8 Å². The monoisotopic (exact) mass is 367 g/mol. The molecular formula is C21H25N3O3. The molecule has 2 rings (SSSR count). The Labute approximate surface area is 159 Å². The van der Waals surface area contributed by atoms with E-state index in [0.29, 0.717) is 17.9 Å². The van der Waals surface area contributed by atoms with Crippen molar-refractivity contribution >= 4 is 18.0 Å². The van der Waals surface area contributed by atoms with E-state index in [1.165, 1.54) is 11.8 Å². The van der Waals surface area contributed by atoms with Gasteiger partial charge < -0.3 is 10.1 Å². The Bertz CT molecular complexity index is 801. The Kier molecular flexibility index (Phi) is 7.55. The fourth-order valence-corrected chi connectivity index (χ4v) is 2.17. The summed E-state index contributed by atoms with van der Waals surface area (Å²) < 4.78 is 5.85. The van der Waals surface area contributed by atoms with E-state index < -0.39 is 11.8 Å². The maximum atomic E-state index is 11.7. The van der Waals surface area contributed by atoms with Crippen LogP contribution in [0.3, 0.4) is 0 Å². The summed E-state index contributed by atoms with van der Waals surface area (Å²) >= 11 is 0. The highest BCUT2D eigenvalue weighted by molar-refractivity contribution is 6.35. The first-order valence-corrected chi connectivity index (χ1v) is 8.91. The van der Waals surface area contributed by atoms with Gasteiger partial charge in [-0.25, -0.2) is 5.43 Å². The number of ether oxygens (including phenoxy) is 1. The molecule has 0 spiro atoms. The van der Waals surface area contributed by atoms with Crippen molar-refractivity contribution in [3.05, 3.63) is 65.2 Å². The van der Waals surface area contributed by atoms with Gasteiger partial charge in [-0.05, 0) is 38.0 Å². The molecule has 6 nitrogen and oxygen atoms in total. The zero-order valence-electron chi connectivity index (χ0n) is 15.9. The smallest absolute Gasteiger partial charge is 0.329 e. The summed E-state index contributed by atoms with van der Waals surface area (Å²) in [5, 5.41) is 6.44. The van der Waals surface area contributed by atoms with E-state index in [-0.39, 0.29) is 6.04 Å². The molecule has 0 fully saturated rings. The first kappa shape index (κ1) is 20.2. The van der Waals surface area contributed by atoms with Crippen LogP contribution < -0.4 is 15.5 Å². The highest BCUT2D eigenvalue weighted by Gasteiger charge is 2.14. The molecule has 0 aromatic heterocycles. The van der Waals surface area contributed by atoms with Crippen LogP contribution in [0, 0.1) is 6.92 Å². The summed E-state index contributed by atoms with van der Waals surface area (Å²) in [7, 11) is 0. The molecule has 0 bridgehead atoms. The first-order valence-electron chi connectivity index (χ1n) is 8.91. The molecule has 142 valence electrons. The fourth-order valence-electron chi connectivity index (χ4n) is 2.17. The second-order valence-electron chi connectivity index (χ2n) is 6.29. The third-order valence-corrected chi connectivity index (χ3v) is 4.00. The van der Waals surface area contributed by atoms with Gasteiger partial charge in [0.25, 0.3) is 0 Å². The number of hydrazone groups is 1. The average Bonchev–Trinajstić information content (AvgIpc) is 2.68. The Balaban J connectivity index is 1.94. The minimum atomic E-state index is -0.801. The van der Waals surface area contributed by atoms with Gasteiger partial charge in [-0.1, -0.05) is 48.9 Å². The van der Waals surface area contributed by atoms with E-state index in [4.69, 9.17) is 4.74 Å². The SMILES string of the molecule is CC[C@H](C)NC(=O)C(=O)N/N=C\c1ccccc1OCc1ccc(C)cc1. The second-order valence-corrected chi connectivity index (χ2v) is 6.29. The maximum Gasteiger partial charge on any atom is 0.329 e. The molecule has 0 aliphatic carbocycles. The largest absolute Gasteiger partial charge is 0.488 e. The maximum absolute atomic E-state index is 11.7. The molecule has 2 amide bonds. The Morgan fingerprint density at radius 2 is 1.81 bits per heavy atom. The first-order chi connectivity index (χ1) is 13.0. The number of amides is 2. The van der Waals surface area contributed by atoms with Crippen LogP contribution in [0.15, 0.2) is 53.6 Å². The summed E-state index contributed by atoms with van der Waals surface area (Å²) in [6, 6.07) is 15.4. The summed E-state index contributed by atoms with van der Waals surface area (Å²) in [5.41, 5.74) is 5.18. The molecule has 0 saturated heterocycles. The molecule has 0 saturated carbocycles. The summed E-state index contributed by atoms with van der Waals surface area (Å²) in [4.78, 5) is 23.4. The number of benzene rings is 2. The molecule has 2 N–H and O–H groups in total. The van der Waals surface area contributed by atoms with Gasteiger partial charge in [0.15, 0.2) is 0 Å². The van der Waals surface area contributed by atoms with Gasteiger partial charge in [-0.2, -0.15) is 5.10 Å². The van der Waals surface area contributed by atoms with Crippen molar-refractivity contribution in [2.75, 3.05) is 0 Å². The van der Waals surface area contributed by atoms with Crippen molar-refractivity contribution in [2.45, 2.75) is 39.8 Å². The minimum Gasteiger partial charge on any atom is -0.488 e. The lowest BCUT2D eigenvalue weighted by Gasteiger charge is -2.10. The molecular weight excluding hydrogens is 342 g/mol. The molecule has 2 aromatic carbocycles. The fraction of sp³-hybridized carbons (Fsp3) is 0.286. The van der Waals surface area contributed by atoms with Crippen molar-refractivity contribution < 1.29 is 14.3 Å². The normalized spacial score (nSPS) is 11.8. The number of para-hydroxylation sites is 1. The van der Waals surface area contributed by atoms with Gasteiger partial charge in [0.2, 0.25) is 0 Å². The average molecular weight is 367 g/mol. The van der Waals surface area contributed by atoms with Crippen molar-refractivity contribution in [1.29, 1.82) is 0 Å². The molecule has 1 atom stereocenters. The van der Waals surface area contributed by atoms with Gasteiger partial charge in [0.1, 0.15) is 12.4 Å². The Morgan fingerprint density at radius 1 is 1.11 bits per heavy atom. The van der Waals surface area contributed by atoms with Crippen LogP contribution in [0.25, 0.3) is 0 Å². The molecule has 27 heavy (non-hydrogen) atoms. The van der Waals surface area contributed by atoms with Crippen LogP contribution in [-0.4, -0.2) is 24.1 Å². The number of nitrogens with one attached hydrogen (secondary N) is 2. The van der Waals surface area contributed by atoms with Crippen LogP contribution >= 0.6 is 0 Å². The number of aryl methyl sites for hydroxylation is 1. The lowest BCUT2D eigenvalue weighted by molar-refractivity contribution is -0.139. The molecule has 0 radical (unpaired) electrons. The van der Waals surface area contributed by atoms with E-state index in [1.807, 2.05) is 69.3 Å². The zero-order chi connectivity index (χ0) is 19.6.